The first-order chi connectivity index (χ1) is 8.51. The number of aliphatic hydroxyl groups is 1. The van der Waals surface area contributed by atoms with E-state index >= 15 is 0 Å². The van der Waals surface area contributed by atoms with E-state index < -0.39 is 16.1 Å². The number of aliphatic hydroxyl groups excluding tert-OH is 1. The van der Waals surface area contributed by atoms with Gasteiger partial charge >= 0.3 is 0 Å². The fourth-order valence-electron chi connectivity index (χ4n) is 2.00. The lowest BCUT2D eigenvalue weighted by Crippen LogP contribution is -2.30. The van der Waals surface area contributed by atoms with Gasteiger partial charge in [0.05, 0.1) is 23.5 Å². The Morgan fingerprint density at radius 2 is 2.28 bits per heavy atom. The van der Waals surface area contributed by atoms with Crippen LogP contribution in [0.15, 0.2) is 24.3 Å². The van der Waals surface area contributed by atoms with E-state index in [0.717, 1.165) is 0 Å². The first kappa shape index (κ1) is 13.0. The predicted molar refractivity (Wildman–Crippen MR) is 66.0 cm³/mol. The number of benzene rings is 1. The third-order valence-corrected chi connectivity index (χ3v) is 4.74. The molecule has 1 aliphatic heterocycles. The maximum Gasteiger partial charge on any atom is 0.218 e. The Balaban J connectivity index is 2.15. The van der Waals surface area contributed by atoms with E-state index in [2.05, 4.69) is 0 Å². The number of hydrogen-bond acceptors (Lipinski definition) is 4. The van der Waals surface area contributed by atoms with Gasteiger partial charge in [0.25, 0.3) is 0 Å². The number of nitriles is 1. The highest BCUT2D eigenvalue weighted by molar-refractivity contribution is 7.88. The molecule has 0 amide bonds. The van der Waals surface area contributed by atoms with Crippen molar-refractivity contribution in [1.29, 1.82) is 5.26 Å². The molecule has 1 aromatic rings. The number of rotatable bonds is 3. The van der Waals surface area contributed by atoms with E-state index in [-0.39, 0.29) is 12.3 Å². The second kappa shape index (κ2) is 5.06. The van der Waals surface area contributed by atoms with Gasteiger partial charge in [-0.2, -0.15) is 9.57 Å². The first-order valence-electron chi connectivity index (χ1n) is 5.66. The molecule has 0 unspecified atom stereocenters. The van der Waals surface area contributed by atoms with Crippen LogP contribution < -0.4 is 0 Å². The predicted octanol–water partition coefficient (Wildman–Crippen LogP) is 0.455. The van der Waals surface area contributed by atoms with Crippen LogP contribution in [0, 0.1) is 11.3 Å². The molecule has 1 atom stereocenters. The largest absolute Gasteiger partial charge is 0.392 e. The summed E-state index contributed by atoms with van der Waals surface area (Å²) in [5, 5.41) is 18.1. The van der Waals surface area contributed by atoms with Gasteiger partial charge in [-0.05, 0) is 24.1 Å². The Labute approximate surface area is 106 Å². The zero-order valence-corrected chi connectivity index (χ0v) is 10.6. The molecule has 1 N–H and O–H groups in total. The van der Waals surface area contributed by atoms with E-state index in [0.29, 0.717) is 24.1 Å². The summed E-state index contributed by atoms with van der Waals surface area (Å²) in [6.07, 6.45) is -0.0810. The molecule has 1 aliphatic rings. The van der Waals surface area contributed by atoms with E-state index in [1.807, 2.05) is 6.07 Å². The van der Waals surface area contributed by atoms with Crippen LogP contribution in [0.25, 0.3) is 0 Å². The molecule has 2 rings (SSSR count). The van der Waals surface area contributed by atoms with Crippen LogP contribution in [0.1, 0.15) is 17.5 Å². The summed E-state index contributed by atoms with van der Waals surface area (Å²) in [6.45, 7) is 0.529. The summed E-state index contributed by atoms with van der Waals surface area (Å²) in [4.78, 5) is 0. The number of hydrogen-bond donors (Lipinski definition) is 1. The van der Waals surface area contributed by atoms with Gasteiger partial charge in [-0.25, -0.2) is 8.42 Å². The Bertz CT molecular complexity index is 577. The lowest BCUT2D eigenvalue weighted by molar-refractivity contribution is 0.189. The lowest BCUT2D eigenvalue weighted by Gasteiger charge is -2.15. The van der Waals surface area contributed by atoms with Gasteiger partial charge in [0, 0.05) is 13.1 Å². The summed E-state index contributed by atoms with van der Waals surface area (Å²) >= 11 is 0. The SMILES string of the molecule is N#Cc1cccc(CS(=O)(=O)N2CC[C@@H](O)C2)c1. The molecule has 0 radical (unpaired) electrons. The summed E-state index contributed by atoms with van der Waals surface area (Å²) in [7, 11) is -3.41. The quantitative estimate of drug-likeness (QED) is 0.861. The second-order valence-corrected chi connectivity index (χ2v) is 6.34. The van der Waals surface area contributed by atoms with Gasteiger partial charge in [0.15, 0.2) is 0 Å². The van der Waals surface area contributed by atoms with Crippen LogP contribution in [0.2, 0.25) is 0 Å². The molecule has 0 aliphatic carbocycles. The smallest absolute Gasteiger partial charge is 0.218 e. The molecular weight excluding hydrogens is 252 g/mol. The maximum absolute atomic E-state index is 12.1. The lowest BCUT2D eigenvalue weighted by atomic mass is 10.2. The van der Waals surface area contributed by atoms with Crippen LogP contribution in [-0.2, 0) is 15.8 Å². The Morgan fingerprint density at radius 3 is 2.89 bits per heavy atom. The molecule has 1 saturated heterocycles. The number of nitrogens with zero attached hydrogens (tertiary/aromatic N) is 2. The van der Waals surface area contributed by atoms with E-state index in [1.165, 1.54) is 4.31 Å². The number of β-amino-alcohol motifs (C(OH)–C–C–N with tert-alkyl or cyclic N) is 1. The average Bonchev–Trinajstić information content (AvgIpc) is 2.76. The molecule has 5 nitrogen and oxygen atoms in total. The van der Waals surface area contributed by atoms with Crippen molar-refractivity contribution in [3.63, 3.8) is 0 Å². The number of sulfonamides is 1. The zero-order valence-electron chi connectivity index (χ0n) is 9.78. The van der Waals surface area contributed by atoms with Crippen molar-refractivity contribution >= 4 is 10.0 Å². The van der Waals surface area contributed by atoms with Crippen LogP contribution in [0.5, 0.6) is 0 Å². The normalized spacial score (nSPS) is 20.8. The minimum absolute atomic E-state index is 0.130. The van der Waals surface area contributed by atoms with Gasteiger partial charge in [0.2, 0.25) is 10.0 Å². The average molecular weight is 266 g/mol. The fraction of sp³-hybridized carbons (Fsp3) is 0.417. The van der Waals surface area contributed by atoms with Gasteiger partial charge in [-0.3, -0.25) is 0 Å². The van der Waals surface area contributed by atoms with Crippen molar-refractivity contribution in [2.24, 2.45) is 0 Å². The maximum atomic E-state index is 12.1. The van der Waals surface area contributed by atoms with E-state index in [1.54, 1.807) is 24.3 Å². The molecule has 0 bridgehead atoms. The highest BCUT2D eigenvalue weighted by Crippen LogP contribution is 2.18. The Morgan fingerprint density at radius 1 is 1.50 bits per heavy atom. The molecule has 1 heterocycles. The molecule has 0 aromatic heterocycles. The minimum atomic E-state index is -3.41. The standard InChI is InChI=1S/C12H14N2O3S/c13-7-10-2-1-3-11(6-10)9-18(16,17)14-5-4-12(15)8-14/h1-3,6,12,15H,4-5,8-9H2/t12-/m1/s1. The van der Waals surface area contributed by atoms with Crippen LogP contribution in [-0.4, -0.2) is 37.0 Å². The minimum Gasteiger partial charge on any atom is -0.392 e. The zero-order chi connectivity index (χ0) is 13.2. The molecule has 96 valence electrons. The highest BCUT2D eigenvalue weighted by Gasteiger charge is 2.30. The van der Waals surface area contributed by atoms with Gasteiger partial charge in [-0.15, -0.1) is 0 Å². The van der Waals surface area contributed by atoms with Crippen LogP contribution in [0.3, 0.4) is 0 Å². The van der Waals surface area contributed by atoms with Crippen molar-refractivity contribution in [3.8, 4) is 6.07 Å². The van der Waals surface area contributed by atoms with Gasteiger partial charge < -0.3 is 5.11 Å². The van der Waals surface area contributed by atoms with Gasteiger partial charge in [-0.1, -0.05) is 12.1 Å². The molecular formula is C12H14N2O3S. The first-order valence-corrected chi connectivity index (χ1v) is 7.27. The Hall–Kier alpha value is -1.42. The summed E-state index contributed by atoms with van der Waals surface area (Å²) < 4.78 is 25.5. The van der Waals surface area contributed by atoms with Gasteiger partial charge in [0.1, 0.15) is 0 Å². The molecule has 1 aromatic carbocycles. The molecule has 6 heteroatoms. The molecule has 18 heavy (non-hydrogen) atoms. The molecule has 0 spiro atoms. The van der Waals surface area contributed by atoms with Crippen molar-refractivity contribution in [3.05, 3.63) is 35.4 Å². The van der Waals surface area contributed by atoms with Crippen molar-refractivity contribution in [2.45, 2.75) is 18.3 Å². The highest BCUT2D eigenvalue weighted by atomic mass is 32.2. The molecule has 1 fully saturated rings. The fourth-order valence-corrected chi connectivity index (χ4v) is 3.56. The van der Waals surface area contributed by atoms with Crippen molar-refractivity contribution in [1.82, 2.24) is 4.31 Å². The van der Waals surface area contributed by atoms with Crippen molar-refractivity contribution in [2.75, 3.05) is 13.1 Å². The Kier molecular flexibility index (Phi) is 3.66. The third-order valence-electron chi connectivity index (χ3n) is 2.92. The topological polar surface area (TPSA) is 81.4 Å². The third kappa shape index (κ3) is 2.88. The summed E-state index contributed by atoms with van der Waals surface area (Å²) in [5.41, 5.74) is 1.04. The van der Waals surface area contributed by atoms with E-state index in [4.69, 9.17) is 5.26 Å². The van der Waals surface area contributed by atoms with Crippen molar-refractivity contribution < 1.29 is 13.5 Å². The summed E-state index contributed by atoms with van der Waals surface area (Å²) in [5.74, 6) is -0.130. The second-order valence-electron chi connectivity index (χ2n) is 4.37. The monoisotopic (exact) mass is 266 g/mol. The van der Waals surface area contributed by atoms with Crippen LogP contribution in [0.4, 0.5) is 0 Å². The van der Waals surface area contributed by atoms with E-state index in [9.17, 15) is 13.5 Å². The summed E-state index contributed by atoms with van der Waals surface area (Å²) in [6, 6.07) is 8.54. The molecule has 0 saturated carbocycles. The van der Waals surface area contributed by atoms with Crippen LogP contribution >= 0.6 is 0 Å².